The fourth-order valence-electron chi connectivity index (χ4n) is 8.25. The summed E-state index contributed by atoms with van der Waals surface area (Å²) in [5.41, 5.74) is 0. The van der Waals surface area contributed by atoms with E-state index in [-0.39, 0.29) is 18.9 Å². The van der Waals surface area contributed by atoms with Crippen molar-refractivity contribution in [3.05, 3.63) is 158 Å². The molecule has 2 fully saturated rings. The minimum Gasteiger partial charge on any atom is -0.394 e. The Hall–Kier alpha value is -4.39. The SMILES string of the molecule is CC/C=C\C/C=C\C/C=C\C/C=C\C/C=C\C/C=C\C/C=C\C/C=C\C/C=C\C/C=C\C/C=C\C/C=C\CCCCCCC(=O)NC(COC1OC(CO)C(OC2OC(CO)C(O)C(O)C2O)C(O)C1O)C(O)/C=C/CCCC. The van der Waals surface area contributed by atoms with E-state index in [0.717, 1.165) is 122 Å². The number of carbonyl (C=O) groups is 1. The van der Waals surface area contributed by atoms with Crippen LogP contribution in [0.15, 0.2) is 158 Å². The molecule has 0 saturated carbocycles. The molecular formula is C65H101NO13. The number of hydrogen-bond donors (Lipinski definition) is 9. The molecule has 0 aliphatic carbocycles. The second kappa shape index (κ2) is 48.3. The van der Waals surface area contributed by atoms with Gasteiger partial charge in [-0.3, -0.25) is 4.79 Å². The highest BCUT2D eigenvalue weighted by atomic mass is 16.7. The van der Waals surface area contributed by atoms with E-state index in [0.29, 0.717) is 6.42 Å². The Morgan fingerprint density at radius 1 is 0.468 bits per heavy atom. The predicted molar refractivity (Wildman–Crippen MR) is 317 cm³/mol. The number of hydrogen-bond acceptors (Lipinski definition) is 13. The molecule has 0 aromatic carbocycles. The van der Waals surface area contributed by atoms with E-state index in [1.54, 1.807) is 6.08 Å². The molecule has 79 heavy (non-hydrogen) atoms. The summed E-state index contributed by atoms with van der Waals surface area (Å²) in [7, 11) is 0. The van der Waals surface area contributed by atoms with Crippen LogP contribution in [0.1, 0.15) is 149 Å². The van der Waals surface area contributed by atoms with Gasteiger partial charge in [0, 0.05) is 6.42 Å². The number of carbonyl (C=O) groups excluding carboxylic acids is 1. The number of aliphatic hydroxyl groups excluding tert-OH is 8. The van der Waals surface area contributed by atoms with Crippen LogP contribution in [0.4, 0.5) is 0 Å². The highest BCUT2D eigenvalue weighted by Gasteiger charge is 2.51. The maximum Gasteiger partial charge on any atom is 0.220 e. The normalized spacial score (nSPS) is 25.6. The molecule has 0 aromatic rings. The first-order valence-electron chi connectivity index (χ1n) is 29.2. The molecule has 12 atom stereocenters. The van der Waals surface area contributed by atoms with Crippen molar-refractivity contribution in [3.8, 4) is 0 Å². The first-order chi connectivity index (χ1) is 38.6. The largest absolute Gasteiger partial charge is 0.394 e. The Morgan fingerprint density at radius 2 is 0.873 bits per heavy atom. The fourth-order valence-corrected chi connectivity index (χ4v) is 8.25. The van der Waals surface area contributed by atoms with Crippen molar-refractivity contribution in [3.63, 3.8) is 0 Å². The number of amides is 1. The lowest BCUT2D eigenvalue weighted by Crippen LogP contribution is -2.65. The van der Waals surface area contributed by atoms with Gasteiger partial charge in [0.15, 0.2) is 12.6 Å². The molecule has 2 rings (SSSR count). The number of aliphatic hydroxyl groups is 8. The summed E-state index contributed by atoms with van der Waals surface area (Å²) in [6.07, 6.45) is 58.2. The Balaban J connectivity index is 1.56. The van der Waals surface area contributed by atoms with Crippen LogP contribution >= 0.6 is 0 Å². The van der Waals surface area contributed by atoms with Crippen molar-refractivity contribution < 1.29 is 64.6 Å². The quantitative estimate of drug-likeness (QED) is 0.0205. The van der Waals surface area contributed by atoms with Gasteiger partial charge in [0.05, 0.1) is 32.0 Å². The first-order valence-corrected chi connectivity index (χ1v) is 29.2. The summed E-state index contributed by atoms with van der Waals surface area (Å²) in [6.45, 7) is 2.45. The molecule has 9 N–H and O–H groups in total. The molecule has 0 aromatic heterocycles. The summed E-state index contributed by atoms with van der Waals surface area (Å²) in [5.74, 6) is -0.282. The minimum atomic E-state index is -1.80. The summed E-state index contributed by atoms with van der Waals surface area (Å²) >= 11 is 0. The maximum atomic E-state index is 13.1. The van der Waals surface area contributed by atoms with E-state index in [4.69, 9.17) is 18.9 Å². The van der Waals surface area contributed by atoms with Gasteiger partial charge in [0.25, 0.3) is 0 Å². The molecule has 2 heterocycles. The van der Waals surface area contributed by atoms with Gasteiger partial charge in [-0.05, 0) is 103 Å². The van der Waals surface area contributed by atoms with Crippen LogP contribution in [0, 0.1) is 0 Å². The third kappa shape index (κ3) is 33.8. The second-order valence-corrected chi connectivity index (χ2v) is 19.7. The number of rotatable bonds is 43. The Kier molecular flexibility index (Phi) is 43.3. The van der Waals surface area contributed by atoms with Gasteiger partial charge in [-0.25, -0.2) is 0 Å². The molecule has 2 aliphatic heterocycles. The van der Waals surface area contributed by atoms with E-state index in [1.807, 2.05) is 6.08 Å². The molecule has 0 spiro atoms. The van der Waals surface area contributed by atoms with E-state index < -0.39 is 86.8 Å². The molecule has 1 amide bonds. The highest BCUT2D eigenvalue weighted by molar-refractivity contribution is 5.76. The topological polar surface area (TPSA) is 228 Å². The molecular weight excluding hydrogens is 1000 g/mol. The molecule has 0 radical (unpaired) electrons. The standard InChI is InChI=1S/C65H101NO13/c1-3-5-7-9-10-11-12-13-14-15-16-17-18-19-20-21-22-23-24-25-26-27-28-29-30-31-32-33-34-35-36-37-38-39-40-41-42-43-44-45-47-49-57(70)66-53(54(69)48-46-8-6-4-2)52-76-64-62(75)60(73)63(56(51-68)78-64)79-65-61(74)59(72)58(71)55(50-67)77-65/h5,7,10-11,13-14,16-17,19-20,22-23,25-26,28-29,31-32,34-35,37-38,40-41,46,48,53-56,58-65,67-69,71-75H,3-4,6,8-9,12,15,18,21,24,27,30,33,36,39,42-45,47,49-52H2,1-2H3,(H,66,70)/b7-5-,11-10-,14-13-,17-16-,20-19-,23-22-,26-25-,29-28-,32-31-,35-34-,38-37-,41-40-,48-46+. The van der Waals surface area contributed by atoms with Crippen molar-refractivity contribution in [2.75, 3.05) is 19.8 Å². The first kappa shape index (κ1) is 70.7. The highest BCUT2D eigenvalue weighted by Crippen LogP contribution is 2.30. The van der Waals surface area contributed by atoms with Gasteiger partial charge in [-0.15, -0.1) is 0 Å². The van der Waals surface area contributed by atoms with Crippen LogP contribution < -0.4 is 5.32 Å². The summed E-state index contributed by atoms with van der Waals surface area (Å²) in [5, 5.41) is 86.1. The molecule has 0 bridgehead atoms. The van der Waals surface area contributed by atoms with Crippen LogP contribution in [-0.4, -0.2) is 140 Å². The van der Waals surface area contributed by atoms with E-state index >= 15 is 0 Å². The molecule has 14 heteroatoms. The van der Waals surface area contributed by atoms with E-state index in [1.165, 1.54) is 0 Å². The molecule has 444 valence electrons. The lowest BCUT2D eigenvalue weighted by Gasteiger charge is -2.46. The average molecular weight is 1100 g/mol. The van der Waals surface area contributed by atoms with Crippen molar-refractivity contribution in [1.29, 1.82) is 0 Å². The lowest BCUT2D eigenvalue weighted by atomic mass is 9.97. The van der Waals surface area contributed by atoms with Crippen LogP contribution in [-0.2, 0) is 23.7 Å². The van der Waals surface area contributed by atoms with Gasteiger partial charge in [-0.2, -0.15) is 0 Å². The Morgan fingerprint density at radius 3 is 1.32 bits per heavy atom. The molecule has 12 unspecified atom stereocenters. The number of nitrogens with one attached hydrogen (secondary N) is 1. The van der Waals surface area contributed by atoms with Crippen molar-refractivity contribution >= 4 is 5.91 Å². The fraction of sp³-hybridized carbons (Fsp3) is 0.585. The minimum absolute atomic E-state index is 0.238. The zero-order valence-electron chi connectivity index (χ0n) is 47.5. The number of allylic oxidation sites excluding steroid dienone is 25. The van der Waals surface area contributed by atoms with Crippen LogP contribution in [0.2, 0.25) is 0 Å². The zero-order chi connectivity index (χ0) is 57.4. The summed E-state index contributed by atoms with van der Waals surface area (Å²) in [4.78, 5) is 13.1. The van der Waals surface area contributed by atoms with Gasteiger partial charge >= 0.3 is 0 Å². The second-order valence-electron chi connectivity index (χ2n) is 19.7. The van der Waals surface area contributed by atoms with Crippen LogP contribution in [0.5, 0.6) is 0 Å². The Bertz CT molecular complexity index is 1930. The van der Waals surface area contributed by atoms with Gasteiger partial charge in [0.2, 0.25) is 5.91 Å². The van der Waals surface area contributed by atoms with E-state index in [2.05, 4.69) is 165 Å². The van der Waals surface area contributed by atoms with Crippen molar-refractivity contribution in [1.82, 2.24) is 5.32 Å². The third-order valence-corrected chi connectivity index (χ3v) is 13.0. The van der Waals surface area contributed by atoms with Gasteiger partial charge < -0.3 is 65.1 Å². The van der Waals surface area contributed by atoms with E-state index in [9.17, 15) is 45.6 Å². The number of ether oxygens (including phenoxy) is 4. The van der Waals surface area contributed by atoms with Crippen LogP contribution in [0.3, 0.4) is 0 Å². The van der Waals surface area contributed by atoms with Crippen molar-refractivity contribution in [2.45, 2.75) is 222 Å². The van der Waals surface area contributed by atoms with Gasteiger partial charge in [0.1, 0.15) is 48.8 Å². The van der Waals surface area contributed by atoms with Crippen LogP contribution in [0.25, 0.3) is 0 Å². The monoisotopic (exact) mass is 1100 g/mol. The predicted octanol–water partition coefficient (Wildman–Crippen LogP) is 9.94. The smallest absolute Gasteiger partial charge is 0.220 e. The Labute approximate surface area is 474 Å². The summed E-state index contributed by atoms with van der Waals surface area (Å²) in [6, 6.07) is -0.935. The lowest BCUT2D eigenvalue weighted by molar-refractivity contribution is -0.359. The van der Waals surface area contributed by atoms with Gasteiger partial charge in [-0.1, -0.05) is 198 Å². The molecule has 2 aliphatic rings. The zero-order valence-corrected chi connectivity index (χ0v) is 47.5. The molecule has 14 nitrogen and oxygen atoms in total. The molecule has 2 saturated heterocycles. The van der Waals surface area contributed by atoms with Crippen molar-refractivity contribution in [2.24, 2.45) is 0 Å². The average Bonchev–Trinajstić information content (AvgIpc) is 3.45. The number of unbranched alkanes of at least 4 members (excludes halogenated alkanes) is 6. The maximum absolute atomic E-state index is 13.1. The summed E-state index contributed by atoms with van der Waals surface area (Å²) < 4.78 is 22.5. The third-order valence-electron chi connectivity index (χ3n) is 13.0.